The molecule has 1 aromatic carbocycles. The molecule has 0 amide bonds. The van der Waals surface area contributed by atoms with Crippen LogP contribution in [-0.2, 0) is 0 Å². The molecule has 7 heteroatoms. The molecule has 0 radical (unpaired) electrons. The monoisotopic (exact) mass is 277 g/mol. The number of nitro groups is 1. The number of anilines is 1. The number of hydrogen-bond donors (Lipinski definition) is 3. The van der Waals surface area contributed by atoms with Gasteiger partial charge >= 0.3 is 0 Å². The Morgan fingerprint density at radius 3 is 2.65 bits per heavy atom. The Morgan fingerprint density at radius 2 is 2.05 bits per heavy atom. The lowest BCUT2D eigenvalue weighted by molar-refractivity contribution is -0.383. The zero-order valence-electron chi connectivity index (χ0n) is 10.9. The number of hydrogen-bond acceptors (Lipinski definition) is 6. The van der Waals surface area contributed by atoms with E-state index in [0.717, 1.165) is 0 Å². The summed E-state index contributed by atoms with van der Waals surface area (Å²) in [4.78, 5) is 14.5. The van der Waals surface area contributed by atoms with Crippen LogP contribution in [0.4, 0.5) is 11.4 Å². The van der Waals surface area contributed by atoms with Crippen LogP contribution in [0.1, 0.15) is 6.92 Å². The van der Waals surface area contributed by atoms with Gasteiger partial charge in [-0.05, 0) is 25.1 Å². The van der Waals surface area contributed by atoms with Crippen LogP contribution in [0.5, 0.6) is 0 Å². The van der Waals surface area contributed by atoms with E-state index in [-0.39, 0.29) is 24.4 Å². The lowest BCUT2D eigenvalue weighted by atomic mass is 10.0. The molecule has 0 unspecified atom stereocenters. The minimum absolute atomic E-state index is 0.0825. The van der Waals surface area contributed by atoms with Gasteiger partial charge in [-0.2, -0.15) is 0 Å². The van der Waals surface area contributed by atoms with Crippen LogP contribution in [0.25, 0.3) is 10.9 Å². The van der Waals surface area contributed by atoms with Crippen LogP contribution in [0.3, 0.4) is 0 Å². The minimum atomic E-state index is -0.918. The van der Waals surface area contributed by atoms with Crippen molar-refractivity contribution in [3.8, 4) is 0 Å². The summed E-state index contributed by atoms with van der Waals surface area (Å²) in [6.07, 6.45) is 1.48. The largest absolute Gasteiger partial charge is 0.394 e. The zero-order chi connectivity index (χ0) is 14.8. The zero-order valence-corrected chi connectivity index (χ0v) is 10.9. The van der Waals surface area contributed by atoms with Crippen molar-refractivity contribution in [3.05, 3.63) is 40.6 Å². The standard InChI is InChI=1S/C13H15N3O4/c1-13(7-17,8-18)15-10-4-5-11(16(19)20)12-9(10)3-2-6-14-12/h2-6,15,17-18H,7-8H2,1H3. The summed E-state index contributed by atoms with van der Waals surface area (Å²) in [5, 5.41) is 33.2. The Kier molecular flexibility index (Phi) is 3.82. The fraction of sp³-hybridized carbons (Fsp3) is 0.308. The third-order valence-corrected chi connectivity index (χ3v) is 3.08. The van der Waals surface area contributed by atoms with E-state index in [4.69, 9.17) is 0 Å². The van der Waals surface area contributed by atoms with E-state index in [9.17, 15) is 20.3 Å². The molecule has 0 saturated carbocycles. The molecule has 3 N–H and O–H groups in total. The van der Waals surface area contributed by atoms with E-state index in [1.807, 2.05) is 0 Å². The van der Waals surface area contributed by atoms with Gasteiger partial charge in [0.2, 0.25) is 0 Å². The number of rotatable bonds is 5. The molecule has 0 spiro atoms. The molecule has 1 heterocycles. The van der Waals surface area contributed by atoms with Crippen LogP contribution < -0.4 is 5.32 Å². The van der Waals surface area contributed by atoms with Gasteiger partial charge in [-0.15, -0.1) is 0 Å². The minimum Gasteiger partial charge on any atom is -0.394 e. The van der Waals surface area contributed by atoms with E-state index in [1.54, 1.807) is 25.1 Å². The summed E-state index contributed by atoms with van der Waals surface area (Å²) in [7, 11) is 0. The number of aliphatic hydroxyl groups is 2. The molecule has 2 aromatic rings. The van der Waals surface area contributed by atoms with Crippen molar-refractivity contribution < 1.29 is 15.1 Å². The maximum absolute atomic E-state index is 11.0. The number of pyridine rings is 1. The lowest BCUT2D eigenvalue weighted by Gasteiger charge is -2.28. The van der Waals surface area contributed by atoms with E-state index in [2.05, 4.69) is 10.3 Å². The molecule has 0 bridgehead atoms. The molecule has 0 aliphatic rings. The number of nitrogens with one attached hydrogen (secondary N) is 1. The fourth-order valence-corrected chi connectivity index (χ4v) is 1.87. The van der Waals surface area contributed by atoms with Crippen molar-refractivity contribution in [2.75, 3.05) is 18.5 Å². The van der Waals surface area contributed by atoms with Crippen molar-refractivity contribution in [1.29, 1.82) is 0 Å². The Labute approximate surface area is 115 Å². The van der Waals surface area contributed by atoms with Crippen molar-refractivity contribution in [2.45, 2.75) is 12.5 Å². The Bertz CT molecular complexity index is 641. The van der Waals surface area contributed by atoms with E-state index in [1.165, 1.54) is 12.3 Å². The molecule has 0 atom stereocenters. The first-order valence-corrected chi connectivity index (χ1v) is 6.03. The molecule has 7 nitrogen and oxygen atoms in total. The quantitative estimate of drug-likeness (QED) is 0.561. The van der Waals surface area contributed by atoms with E-state index < -0.39 is 10.5 Å². The molecule has 0 saturated heterocycles. The van der Waals surface area contributed by atoms with Crippen LogP contribution in [0.15, 0.2) is 30.5 Å². The van der Waals surface area contributed by atoms with Crippen molar-refractivity contribution in [1.82, 2.24) is 4.98 Å². The average Bonchev–Trinajstić information content (AvgIpc) is 2.47. The topological polar surface area (TPSA) is 109 Å². The molecule has 1 aromatic heterocycles. The van der Waals surface area contributed by atoms with Gasteiger partial charge < -0.3 is 15.5 Å². The summed E-state index contributed by atoms with van der Waals surface area (Å²) >= 11 is 0. The Morgan fingerprint density at radius 1 is 1.35 bits per heavy atom. The third-order valence-electron chi connectivity index (χ3n) is 3.08. The van der Waals surface area contributed by atoms with Gasteiger partial charge in [-0.3, -0.25) is 10.1 Å². The molecule has 0 aliphatic carbocycles. The average molecular weight is 277 g/mol. The van der Waals surface area contributed by atoms with Crippen LogP contribution in [-0.4, -0.2) is 38.9 Å². The predicted octanol–water partition coefficient (Wildman–Crippen LogP) is 1.30. The molecule has 106 valence electrons. The number of aromatic nitrogens is 1. The molecule has 2 rings (SSSR count). The highest BCUT2D eigenvalue weighted by atomic mass is 16.6. The third kappa shape index (κ3) is 2.54. The van der Waals surface area contributed by atoms with Gasteiger partial charge in [0, 0.05) is 23.3 Å². The van der Waals surface area contributed by atoms with Crippen LogP contribution >= 0.6 is 0 Å². The molecule has 0 aliphatic heterocycles. The summed E-state index contributed by atoms with van der Waals surface area (Å²) < 4.78 is 0. The first-order valence-electron chi connectivity index (χ1n) is 6.03. The van der Waals surface area contributed by atoms with Gasteiger partial charge in [0.25, 0.3) is 5.69 Å². The number of fused-ring (bicyclic) bond motifs is 1. The van der Waals surface area contributed by atoms with Crippen LogP contribution in [0.2, 0.25) is 0 Å². The predicted molar refractivity (Wildman–Crippen MR) is 74.6 cm³/mol. The van der Waals surface area contributed by atoms with E-state index in [0.29, 0.717) is 11.1 Å². The van der Waals surface area contributed by atoms with E-state index >= 15 is 0 Å². The second kappa shape index (κ2) is 5.40. The van der Waals surface area contributed by atoms with Crippen LogP contribution in [0, 0.1) is 10.1 Å². The van der Waals surface area contributed by atoms with Gasteiger partial charge in [0.1, 0.15) is 5.52 Å². The van der Waals surface area contributed by atoms with Crippen molar-refractivity contribution >= 4 is 22.3 Å². The summed E-state index contributed by atoms with van der Waals surface area (Å²) in [6, 6.07) is 6.28. The highest BCUT2D eigenvalue weighted by molar-refractivity contribution is 5.97. The van der Waals surface area contributed by atoms with Crippen molar-refractivity contribution in [2.24, 2.45) is 0 Å². The molecular formula is C13H15N3O4. The Hall–Kier alpha value is -2.25. The smallest absolute Gasteiger partial charge is 0.295 e. The van der Waals surface area contributed by atoms with Gasteiger partial charge in [-0.25, -0.2) is 4.98 Å². The number of aliphatic hydroxyl groups excluding tert-OH is 2. The fourth-order valence-electron chi connectivity index (χ4n) is 1.87. The number of non-ortho nitro benzene ring substituents is 1. The lowest BCUT2D eigenvalue weighted by Crippen LogP contribution is -2.42. The highest BCUT2D eigenvalue weighted by Gasteiger charge is 2.24. The highest BCUT2D eigenvalue weighted by Crippen LogP contribution is 2.31. The first-order chi connectivity index (χ1) is 9.50. The number of nitrogens with zero attached hydrogens (tertiary/aromatic N) is 2. The normalized spacial score (nSPS) is 11.6. The van der Waals surface area contributed by atoms with Crippen molar-refractivity contribution in [3.63, 3.8) is 0 Å². The van der Waals surface area contributed by atoms with Gasteiger partial charge in [0.15, 0.2) is 0 Å². The Balaban J connectivity index is 2.56. The van der Waals surface area contributed by atoms with Gasteiger partial charge in [-0.1, -0.05) is 0 Å². The summed E-state index contributed by atoms with van der Waals surface area (Å²) in [5.74, 6) is 0. The summed E-state index contributed by atoms with van der Waals surface area (Å²) in [6.45, 7) is 1.10. The first kappa shape index (κ1) is 14.2. The molecule has 20 heavy (non-hydrogen) atoms. The maximum Gasteiger partial charge on any atom is 0.295 e. The van der Waals surface area contributed by atoms with Gasteiger partial charge in [0.05, 0.1) is 23.7 Å². The molecule has 0 fully saturated rings. The number of benzene rings is 1. The summed E-state index contributed by atoms with van der Waals surface area (Å²) in [5.41, 5.74) is -0.162. The molecular weight excluding hydrogens is 262 g/mol. The second-order valence-corrected chi connectivity index (χ2v) is 4.79. The number of nitro benzene ring substituents is 1. The second-order valence-electron chi connectivity index (χ2n) is 4.79. The maximum atomic E-state index is 11.0. The SMILES string of the molecule is CC(CO)(CO)Nc1ccc([N+](=O)[O-])c2ncccc12.